The minimum absolute atomic E-state index is 0.0471. The zero-order valence-corrected chi connectivity index (χ0v) is 25.0. The average molecular weight is 567 g/mol. The molecule has 208 valence electrons. The lowest BCUT2D eigenvalue weighted by Crippen LogP contribution is -2.48. The van der Waals surface area contributed by atoms with Crippen molar-refractivity contribution in [1.29, 1.82) is 0 Å². The number of rotatable bonds is 9. The summed E-state index contributed by atoms with van der Waals surface area (Å²) in [4.78, 5) is 13.0. The highest BCUT2D eigenvalue weighted by atomic mass is 35.5. The van der Waals surface area contributed by atoms with Gasteiger partial charge in [-0.15, -0.1) is 11.8 Å². The minimum Gasteiger partial charge on any atom is -0.456 e. The molecule has 1 heterocycles. The van der Waals surface area contributed by atoms with Crippen molar-refractivity contribution in [3.63, 3.8) is 0 Å². The SMILES string of the molecule is CC[C@H]1S[C@@H](c2ccc(Cl)c(C(=O)OC(C)(C)C)c2)[C@H](OCc2ccccc2)[C@@H](OCc2ccccc2)[C@@H]1C. The fraction of sp³-hybridized carbons (Fsp3) is 0.424. The molecule has 0 saturated carbocycles. The predicted octanol–water partition coefficient (Wildman–Crippen LogP) is 8.67. The van der Waals surface area contributed by atoms with E-state index in [0.717, 1.165) is 23.1 Å². The summed E-state index contributed by atoms with van der Waals surface area (Å²) in [6, 6.07) is 26.1. The largest absolute Gasteiger partial charge is 0.456 e. The van der Waals surface area contributed by atoms with Crippen LogP contribution < -0.4 is 0 Å². The van der Waals surface area contributed by atoms with E-state index >= 15 is 0 Å². The van der Waals surface area contributed by atoms with Gasteiger partial charge in [0.15, 0.2) is 0 Å². The molecule has 4 nitrogen and oxygen atoms in total. The number of thioether (sulfide) groups is 1. The third-order valence-electron chi connectivity index (χ3n) is 6.96. The van der Waals surface area contributed by atoms with E-state index < -0.39 is 11.6 Å². The summed E-state index contributed by atoms with van der Waals surface area (Å²) in [6.45, 7) is 11.0. The number of benzene rings is 3. The lowest BCUT2D eigenvalue weighted by molar-refractivity contribution is -0.112. The molecule has 4 rings (SSSR count). The van der Waals surface area contributed by atoms with Crippen LogP contribution in [0.3, 0.4) is 0 Å². The molecule has 0 spiro atoms. The van der Waals surface area contributed by atoms with Gasteiger partial charge in [-0.1, -0.05) is 92.2 Å². The van der Waals surface area contributed by atoms with E-state index in [9.17, 15) is 4.79 Å². The summed E-state index contributed by atoms with van der Waals surface area (Å²) < 4.78 is 19.1. The molecule has 0 unspecified atom stereocenters. The maximum atomic E-state index is 13.0. The normalized spacial score (nSPS) is 23.4. The molecule has 3 aromatic carbocycles. The number of carbonyl (C=O) groups excluding carboxylic acids is 1. The van der Waals surface area contributed by atoms with Crippen molar-refractivity contribution in [3.8, 4) is 0 Å². The Hall–Kier alpha value is -2.31. The van der Waals surface area contributed by atoms with Crippen molar-refractivity contribution in [3.05, 3.63) is 106 Å². The van der Waals surface area contributed by atoms with Crippen LogP contribution in [0.15, 0.2) is 78.9 Å². The van der Waals surface area contributed by atoms with Gasteiger partial charge in [0.25, 0.3) is 0 Å². The van der Waals surface area contributed by atoms with Crippen molar-refractivity contribution in [1.82, 2.24) is 0 Å². The molecule has 1 saturated heterocycles. The summed E-state index contributed by atoms with van der Waals surface area (Å²) in [5, 5.41) is 0.704. The molecule has 0 N–H and O–H groups in total. The van der Waals surface area contributed by atoms with E-state index in [4.69, 9.17) is 25.8 Å². The van der Waals surface area contributed by atoms with Crippen LogP contribution in [0.4, 0.5) is 0 Å². The summed E-state index contributed by atoms with van der Waals surface area (Å²) in [5.41, 5.74) is 2.99. The van der Waals surface area contributed by atoms with Crippen molar-refractivity contribution in [2.75, 3.05) is 0 Å². The summed E-state index contributed by atoms with van der Waals surface area (Å²) in [7, 11) is 0. The van der Waals surface area contributed by atoms with Crippen LogP contribution in [-0.4, -0.2) is 29.0 Å². The number of hydrogen-bond donors (Lipinski definition) is 0. The maximum absolute atomic E-state index is 13.0. The molecule has 0 bridgehead atoms. The lowest BCUT2D eigenvalue weighted by Gasteiger charge is -2.45. The third-order valence-corrected chi connectivity index (χ3v) is 9.23. The molecular weight excluding hydrogens is 528 g/mol. The smallest absolute Gasteiger partial charge is 0.340 e. The fourth-order valence-corrected chi connectivity index (χ4v) is 6.84. The average Bonchev–Trinajstić information content (AvgIpc) is 2.92. The van der Waals surface area contributed by atoms with Gasteiger partial charge in [0.05, 0.1) is 35.2 Å². The maximum Gasteiger partial charge on any atom is 0.340 e. The molecule has 39 heavy (non-hydrogen) atoms. The molecule has 1 aliphatic rings. The quantitative estimate of drug-likeness (QED) is 0.242. The van der Waals surface area contributed by atoms with Gasteiger partial charge in [-0.25, -0.2) is 4.79 Å². The molecule has 1 fully saturated rings. The Morgan fingerprint density at radius 1 is 0.872 bits per heavy atom. The van der Waals surface area contributed by atoms with Crippen LogP contribution in [-0.2, 0) is 27.4 Å². The van der Waals surface area contributed by atoms with Gasteiger partial charge in [-0.3, -0.25) is 0 Å². The van der Waals surface area contributed by atoms with Crippen molar-refractivity contribution < 1.29 is 19.0 Å². The molecule has 0 aliphatic carbocycles. The predicted molar refractivity (Wildman–Crippen MR) is 160 cm³/mol. The molecule has 6 heteroatoms. The number of ether oxygens (including phenoxy) is 3. The first kappa shape index (κ1) is 29.7. The van der Waals surface area contributed by atoms with Crippen LogP contribution in [0.25, 0.3) is 0 Å². The van der Waals surface area contributed by atoms with E-state index in [1.165, 1.54) is 0 Å². The van der Waals surface area contributed by atoms with Gasteiger partial charge >= 0.3 is 5.97 Å². The Morgan fingerprint density at radius 2 is 1.44 bits per heavy atom. The molecule has 0 radical (unpaired) electrons. The molecule has 5 atom stereocenters. The van der Waals surface area contributed by atoms with Crippen molar-refractivity contribution in [2.24, 2.45) is 5.92 Å². The second-order valence-corrected chi connectivity index (χ2v) is 12.9. The summed E-state index contributed by atoms with van der Waals surface area (Å²) in [5.74, 6) is -0.146. The summed E-state index contributed by atoms with van der Waals surface area (Å²) >= 11 is 8.40. The standard InChI is InChI=1S/C33H39ClO4S/c1-6-28-22(2)29(36-20-23-13-9-7-10-14-23)30(37-21-24-15-11-8-12-16-24)31(39-28)25-17-18-27(34)26(19-25)32(35)38-33(3,4)5/h7-19,22,28-31H,6,20-21H2,1-5H3/t22-,28-,29+,30-,31+/m1/s1. The van der Waals surface area contributed by atoms with Gasteiger partial charge < -0.3 is 14.2 Å². The molecule has 3 aromatic rings. The zero-order valence-electron chi connectivity index (χ0n) is 23.4. The highest BCUT2D eigenvalue weighted by Crippen LogP contribution is 2.49. The van der Waals surface area contributed by atoms with Crippen LogP contribution in [0.1, 0.15) is 73.3 Å². The topological polar surface area (TPSA) is 44.8 Å². The Bertz CT molecular complexity index is 1210. The van der Waals surface area contributed by atoms with E-state index in [0.29, 0.717) is 29.0 Å². The second kappa shape index (κ2) is 13.4. The first-order chi connectivity index (χ1) is 18.7. The van der Waals surface area contributed by atoms with Gasteiger partial charge in [0.2, 0.25) is 0 Å². The van der Waals surface area contributed by atoms with Gasteiger partial charge in [0, 0.05) is 5.25 Å². The summed E-state index contributed by atoms with van der Waals surface area (Å²) in [6.07, 6.45) is 0.640. The Morgan fingerprint density at radius 3 is 1.97 bits per heavy atom. The van der Waals surface area contributed by atoms with E-state index in [2.05, 4.69) is 38.1 Å². The van der Waals surface area contributed by atoms with Crippen molar-refractivity contribution in [2.45, 2.75) is 82.6 Å². The minimum atomic E-state index is -0.615. The van der Waals surface area contributed by atoms with Crippen LogP contribution in [0.2, 0.25) is 5.02 Å². The second-order valence-electron chi connectivity index (χ2n) is 11.1. The lowest BCUT2D eigenvalue weighted by atomic mass is 9.89. The van der Waals surface area contributed by atoms with Crippen LogP contribution in [0, 0.1) is 5.92 Å². The van der Waals surface area contributed by atoms with Crippen molar-refractivity contribution >= 4 is 29.3 Å². The van der Waals surface area contributed by atoms with E-state index in [1.54, 1.807) is 6.07 Å². The van der Waals surface area contributed by atoms with Gasteiger partial charge in [0.1, 0.15) is 11.7 Å². The number of esters is 1. The molecular formula is C33H39ClO4S. The monoisotopic (exact) mass is 566 g/mol. The Kier molecular flexibility index (Phi) is 10.2. The number of hydrogen-bond acceptors (Lipinski definition) is 5. The molecule has 1 aliphatic heterocycles. The fourth-order valence-electron chi connectivity index (χ4n) is 4.98. The Balaban J connectivity index is 1.68. The van der Waals surface area contributed by atoms with Gasteiger partial charge in [-0.05, 0) is 61.9 Å². The Labute approximate surface area is 242 Å². The van der Waals surface area contributed by atoms with Gasteiger partial charge in [-0.2, -0.15) is 0 Å². The third kappa shape index (κ3) is 7.88. The highest BCUT2D eigenvalue weighted by Gasteiger charge is 2.45. The first-order valence-corrected chi connectivity index (χ1v) is 15.0. The zero-order chi connectivity index (χ0) is 28.0. The van der Waals surface area contributed by atoms with E-state index in [1.807, 2.05) is 81.1 Å². The molecule has 0 aromatic heterocycles. The van der Waals surface area contributed by atoms with Crippen LogP contribution in [0.5, 0.6) is 0 Å². The highest BCUT2D eigenvalue weighted by molar-refractivity contribution is 8.00. The van der Waals surface area contributed by atoms with E-state index in [-0.39, 0.29) is 23.4 Å². The first-order valence-electron chi connectivity index (χ1n) is 13.7. The van der Waals surface area contributed by atoms with Crippen LogP contribution >= 0.6 is 23.4 Å². The molecule has 0 amide bonds. The number of halogens is 1. The number of carbonyl (C=O) groups is 1.